The molecule has 22 heavy (non-hydrogen) atoms. The van der Waals surface area contributed by atoms with Crippen LogP contribution in [0.5, 0.6) is 0 Å². The van der Waals surface area contributed by atoms with Crippen molar-refractivity contribution < 1.29 is 0 Å². The summed E-state index contributed by atoms with van der Waals surface area (Å²) in [5, 5.41) is 8.32. The lowest BCUT2D eigenvalue weighted by atomic mass is 10.3. The van der Waals surface area contributed by atoms with Gasteiger partial charge in [0.15, 0.2) is 10.8 Å². The number of hydrogen-bond acceptors (Lipinski definition) is 8. The molecule has 3 aromatic heterocycles. The summed E-state index contributed by atoms with van der Waals surface area (Å²) in [7, 11) is 0. The molecule has 0 spiro atoms. The first-order valence-electron chi connectivity index (χ1n) is 6.80. The van der Waals surface area contributed by atoms with Crippen molar-refractivity contribution in [3.63, 3.8) is 0 Å². The molecule has 3 heterocycles. The van der Waals surface area contributed by atoms with Crippen LogP contribution in [0.1, 0.15) is 18.1 Å². The number of aromatic nitrogens is 6. The van der Waals surface area contributed by atoms with Gasteiger partial charge >= 0.3 is 0 Å². The van der Waals surface area contributed by atoms with Gasteiger partial charge in [-0.2, -0.15) is 14.6 Å². The highest BCUT2D eigenvalue weighted by atomic mass is 32.2. The Morgan fingerprint density at radius 3 is 2.68 bits per heavy atom. The highest BCUT2D eigenvalue weighted by Crippen LogP contribution is 2.18. The minimum absolute atomic E-state index is 0.262. The van der Waals surface area contributed by atoms with Crippen molar-refractivity contribution in [2.45, 2.75) is 25.0 Å². The van der Waals surface area contributed by atoms with E-state index in [1.165, 1.54) is 11.8 Å². The number of nitrogen functional groups attached to an aromatic ring is 1. The average Bonchev–Trinajstić information content (AvgIpc) is 2.97. The van der Waals surface area contributed by atoms with Crippen LogP contribution in [0.25, 0.3) is 5.65 Å². The van der Waals surface area contributed by atoms with Crippen molar-refractivity contribution in [2.24, 2.45) is 0 Å². The molecule has 0 radical (unpaired) electrons. The second-order valence-electron chi connectivity index (χ2n) is 4.60. The lowest BCUT2D eigenvalue weighted by molar-refractivity contribution is 0.828. The van der Waals surface area contributed by atoms with Crippen LogP contribution in [0.2, 0.25) is 0 Å². The summed E-state index contributed by atoms with van der Waals surface area (Å²) in [6, 6.07) is 0. The van der Waals surface area contributed by atoms with E-state index < -0.39 is 0 Å². The zero-order valence-electron chi connectivity index (χ0n) is 12.3. The largest absolute Gasteiger partial charge is 0.368 e. The molecule has 0 saturated carbocycles. The van der Waals surface area contributed by atoms with Gasteiger partial charge in [-0.25, -0.2) is 15.0 Å². The summed E-state index contributed by atoms with van der Waals surface area (Å²) in [5.74, 6) is 0.906. The Morgan fingerprint density at radius 2 is 2.00 bits per heavy atom. The van der Waals surface area contributed by atoms with Gasteiger partial charge in [0, 0.05) is 30.1 Å². The summed E-state index contributed by atoms with van der Waals surface area (Å²) in [5.41, 5.74) is 8.32. The molecule has 0 fully saturated rings. The number of nitrogens with two attached hydrogens (primary N) is 1. The lowest BCUT2D eigenvalue weighted by Gasteiger charge is -2.08. The highest BCUT2D eigenvalue weighted by molar-refractivity contribution is 7.98. The van der Waals surface area contributed by atoms with Crippen molar-refractivity contribution in [3.8, 4) is 0 Å². The third-order valence-corrected chi connectivity index (χ3v) is 3.71. The Balaban J connectivity index is 1.92. The smallest absolute Gasteiger partial charge is 0.228 e. The Hall–Kier alpha value is -2.42. The number of hydrogen-bond donors (Lipinski definition) is 2. The standard InChI is InChI=1S/C13H16N8S/c1-3-9-7-18-21-10(9)19-13(22-2)20-12(21)17-6-8-4-15-11(14)16-5-8/h4-5,7H,3,6H2,1-2H3,(H2,14,15,16)(H,17,19,20). The fourth-order valence-corrected chi connectivity index (χ4v) is 2.35. The molecule has 0 aromatic carbocycles. The molecule has 0 aliphatic carbocycles. The van der Waals surface area contributed by atoms with Crippen LogP contribution < -0.4 is 11.1 Å². The molecule has 0 aliphatic heterocycles. The van der Waals surface area contributed by atoms with E-state index in [9.17, 15) is 0 Å². The van der Waals surface area contributed by atoms with Crippen molar-refractivity contribution in [3.05, 3.63) is 29.7 Å². The molecule has 0 amide bonds. The maximum atomic E-state index is 5.48. The van der Waals surface area contributed by atoms with E-state index in [0.29, 0.717) is 17.6 Å². The second kappa shape index (κ2) is 6.14. The van der Waals surface area contributed by atoms with Gasteiger partial charge in [-0.3, -0.25) is 0 Å². The Kier molecular flexibility index (Phi) is 4.05. The lowest BCUT2D eigenvalue weighted by Crippen LogP contribution is -2.10. The van der Waals surface area contributed by atoms with Crippen LogP contribution >= 0.6 is 11.8 Å². The molecular formula is C13H16N8S. The number of fused-ring (bicyclic) bond motifs is 1. The van der Waals surface area contributed by atoms with E-state index in [-0.39, 0.29) is 5.95 Å². The fraction of sp³-hybridized carbons (Fsp3) is 0.308. The Morgan fingerprint density at radius 1 is 1.23 bits per heavy atom. The molecule has 0 aliphatic rings. The first kappa shape index (κ1) is 14.5. The molecule has 0 atom stereocenters. The molecule has 0 bridgehead atoms. The maximum Gasteiger partial charge on any atom is 0.228 e. The molecule has 114 valence electrons. The third kappa shape index (κ3) is 2.80. The van der Waals surface area contributed by atoms with Gasteiger partial charge in [0.1, 0.15) is 0 Å². The Labute approximate surface area is 131 Å². The van der Waals surface area contributed by atoms with Crippen molar-refractivity contribution in [2.75, 3.05) is 17.3 Å². The van der Waals surface area contributed by atoms with Gasteiger partial charge in [0.25, 0.3) is 0 Å². The molecule has 3 N–H and O–H groups in total. The average molecular weight is 316 g/mol. The van der Waals surface area contributed by atoms with E-state index in [0.717, 1.165) is 23.2 Å². The van der Waals surface area contributed by atoms with Crippen LogP contribution in [0.15, 0.2) is 23.7 Å². The predicted molar refractivity (Wildman–Crippen MR) is 85.7 cm³/mol. The number of nitrogens with zero attached hydrogens (tertiary/aromatic N) is 6. The zero-order chi connectivity index (χ0) is 15.5. The minimum atomic E-state index is 0.262. The van der Waals surface area contributed by atoms with E-state index in [1.807, 2.05) is 12.5 Å². The first-order valence-corrected chi connectivity index (χ1v) is 8.02. The van der Waals surface area contributed by atoms with Crippen molar-refractivity contribution in [1.82, 2.24) is 29.5 Å². The predicted octanol–water partition coefficient (Wildman–Crippen LogP) is 1.39. The summed E-state index contributed by atoms with van der Waals surface area (Å²) in [4.78, 5) is 16.9. The third-order valence-electron chi connectivity index (χ3n) is 3.16. The van der Waals surface area contributed by atoms with E-state index in [2.05, 4.69) is 37.3 Å². The quantitative estimate of drug-likeness (QED) is 0.680. The van der Waals surface area contributed by atoms with E-state index >= 15 is 0 Å². The topological polar surface area (TPSA) is 107 Å². The van der Waals surface area contributed by atoms with E-state index in [4.69, 9.17) is 5.73 Å². The fourth-order valence-electron chi connectivity index (χ4n) is 2.00. The normalized spacial score (nSPS) is 11.0. The molecule has 3 rings (SSSR count). The number of anilines is 2. The first-order chi connectivity index (χ1) is 10.7. The maximum absolute atomic E-state index is 5.48. The van der Waals surface area contributed by atoms with Gasteiger partial charge in [-0.1, -0.05) is 18.7 Å². The van der Waals surface area contributed by atoms with Crippen LogP contribution in [0.3, 0.4) is 0 Å². The SMILES string of the molecule is CCc1cnn2c(NCc3cnc(N)nc3)nc(SC)nc12. The molecule has 0 unspecified atom stereocenters. The molecule has 8 nitrogen and oxygen atoms in total. The Bertz CT molecular complexity index is 783. The van der Waals surface area contributed by atoms with Crippen LogP contribution in [0, 0.1) is 0 Å². The number of rotatable bonds is 5. The van der Waals surface area contributed by atoms with Gasteiger partial charge in [-0.15, -0.1) is 0 Å². The van der Waals surface area contributed by atoms with Crippen molar-refractivity contribution >= 4 is 29.3 Å². The molecular weight excluding hydrogens is 300 g/mol. The zero-order valence-corrected chi connectivity index (χ0v) is 13.1. The van der Waals surface area contributed by atoms with Crippen molar-refractivity contribution in [1.29, 1.82) is 0 Å². The second-order valence-corrected chi connectivity index (χ2v) is 5.37. The highest BCUT2D eigenvalue weighted by Gasteiger charge is 2.11. The van der Waals surface area contributed by atoms with Gasteiger partial charge < -0.3 is 11.1 Å². The van der Waals surface area contributed by atoms with Crippen LogP contribution in [0.4, 0.5) is 11.9 Å². The summed E-state index contributed by atoms with van der Waals surface area (Å²) < 4.78 is 1.72. The monoisotopic (exact) mass is 316 g/mol. The number of thioether (sulfide) groups is 1. The molecule has 0 saturated heterocycles. The summed E-state index contributed by atoms with van der Waals surface area (Å²) >= 11 is 1.50. The minimum Gasteiger partial charge on any atom is -0.368 e. The number of nitrogens with one attached hydrogen (secondary N) is 1. The van der Waals surface area contributed by atoms with Gasteiger partial charge in [-0.05, 0) is 12.7 Å². The van der Waals surface area contributed by atoms with Crippen LogP contribution in [-0.4, -0.2) is 35.8 Å². The van der Waals surface area contributed by atoms with Gasteiger partial charge in [0.2, 0.25) is 11.9 Å². The molecule has 9 heteroatoms. The molecule has 3 aromatic rings. The summed E-state index contributed by atoms with van der Waals surface area (Å²) in [6.07, 6.45) is 8.02. The van der Waals surface area contributed by atoms with Crippen LogP contribution in [-0.2, 0) is 13.0 Å². The summed E-state index contributed by atoms with van der Waals surface area (Å²) in [6.45, 7) is 2.61. The van der Waals surface area contributed by atoms with Gasteiger partial charge in [0.05, 0.1) is 6.20 Å². The number of aryl methyl sites for hydroxylation is 1. The van der Waals surface area contributed by atoms with E-state index in [1.54, 1.807) is 16.9 Å².